The summed E-state index contributed by atoms with van der Waals surface area (Å²) < 4.78 is 8.23. The van der Waals surface area contributed by atoms with Crippen LogP contribution in [-0.2, 0) is 4.74 Å². The van der Waals surface area contributed by atoms with Crippen molar-refractivity contribution >= 4 is 0 Å². The Labute approximate surface area is 115 Å². The molecule has 2 fully saturated rings. The number of ether oxygens (including phenoxy) is 1. The third kappa shape index (κ3) is 2.84. The average molecular weight is 263 g/mol. The van der Waals surface area contributed by atoms with E-state index in [1.807, 2.05) is 6.20 Å². The van der Waals surface area contributed by atoms with Crippen LogP contribution in [0, 0.1) is 0 Å². The van der Waals surface area contributed by atoms with Crippen LogP contribution in [0.25, 0.3) is 0 Å². The molecule has 3 unspecified atom stereocenters. The van der Waals surface area contributed by atoms with Crippen LogP contribution in [-0.4, -0.2) is 39.9 Å². The van der Waals surface area contributed by atoms with Gasteiger partial charge in [0.2, 0.25) is 0 Å². The second-order valence-corrected chi connectivity index (χ2v) is 6.13. The van der Waals surface area contributed by atoms with E-state index in [0.717, 1.165) is 13.1 Å². The molecule has 0 amide bonds. The molecule has 0 radical (unpaired) electrons. The second kappa shape index (κ2) is 5.25. The summed E-state index contributed by atoms with van der Waals surface area (Å²) in [5, 5.41) is 4.49. The van der Waals surface area contributed by atoms with Crippen molar-refractivity contribution < 1.29 is 4.74 Å². The summed E-state index contributed by atoms with van der Waals surface area (Å²) in [7, 11) is 0. The van der Waals surface area contributed by atoms with E-state index in [2.05, 4.69) is 41.6 Å². The van der Waals surface area contributed by atoms with Gasteiger partial charge in [-0.15, -0.1) is 0 Å². The lowest BCUT2D eigenvalue weighted by molar-refractivity contribution is -0.0892. The van der Waals surface area contributed by atoms with Crippen LogP contribution in [0.4, 0.5) is 0 Å². The van der Waals surface area contributed by atoms with Crippen molar-refractivity contribution in [3.63, 3.8) is 0 Å². The van der Waals surface area contributed by atoms with Crippen molar-refractivity contribution in [3.8, 4) is 0 Å². The quantitative estimate of drug-likeness (QED) is 0.837. The fraction of sp³-hybridized carbons (Fsp3) is 0.800. The van der Waals surface area contributed by atoms with Crippen LogP contribution in [0.15, 0.2) is 12.4 Å². The topological polar surface area (TPSA) is 30.3 Å². The third-order valence-electron chi connectivity index (χ3n) is 4.42. The molecule has 1 aliphatic heterocycles. The highest BCUT2D eigenvalue weighted by Crippen LogP contribution is 2.35. The van der Waals surface area contributed by atoms with Crippen LogP contribution in [0.3, 0.4) is 0 Å². The predicted molar refractivity (Wildman–Crippen MR) is 75.1 cm³/mol. The molecule has 2 aliphatic rings. The van der Waals surface area contributed by atoms with Gasteiger partial charge in [-0.05, 0) is 33.1 Å². The highest BCUT2D eigenvalue weighted by atomic mass is 16.5. The van der Waals surface area contributed by atoms with Crippen LogP contribution in [0.5, 0.6) is 0 Å². The summed E-state index contributed by atoms with van der Waals surface area (Å²) in [5.74, 6) is 0. The number of nitrogens with zero attached hydrogens (tertiary/aromatic N) is 3. The summed E-state index contributed by atoms with van der Waals surface area (Å²) in [4.78, 5) is 2.55. The molecule has 4 heteroatoms. The monoisotopic (exact) mass is 263 g/mol. The summed E-state index contributed by atoms with van der Waals surface area (Å²) >= 11 is 0. The molecule has 0 bridgehead atoms. The van der Waals surface area contributed by atoms with Gasteiger partial charge in [0.1, 0.15) is 0 Å². The van der Waals surface area contributed by atoms with Gasteiger partial charge >= 0.3 is 0 Å². The molecule has 3 rings (SSSR count). The Bertz CT molecular complexity index is 427. The highest BCUT2D eigenvalue weighted by molar-refractivity contribution is 5.11. The van der Waals surface area contributed by atoms with E-state index in [9.17, 15) is 0 Å². The number of hydrogen-bond donors (Lipinski definition) is 0. The third-order valence-corrected chi connectivity index (χ3v) is 4.42. The van der Waals surface area contributed by atoms with E-state index in [1.54, 1.807) is 0 Å². The first-order chi connectivity index (χ1) is 9.17. The van der Waals surface area contributed by atoms with E-state index < -0.39 is 0 Å². The van der Waals surface area contributed by atoms with E-state index in [1.165, 1.54) is 24.8 Å². The normalized spacial score (nSPS) is 30.5. The van der Waals surface area contributed by atoms with Gasteiger partial charge in [0.15, 0.2) is 0 Å². The Morgan fingerprint density at radius 3 is 2.89 bits per heavy atom. The van der Waals surface area contributed by atoms with Crippen LogP contribution >= 0.6 is 0 Å². The molecule has 1 aromatic rings. The van der Waals surface area contributed by atoms with Crippen LogP contribution in [0.1, 0.15) is 57.7 Å². The Balaban J connectivity index is 1.71. The summed E-state index contributed by atoms with van der Waals surface area (Å²) in [6, 6.07) is 1.28. The molecule has 0 aromatic carbocycles. The molecule has 1 saturated heterocycles. The smallest absolute Gasteiger partial charge is 0.0986 e. The highest BCUT2D eigenvalue weighted by Gasteiger charge is 2.31. The molecule has 3 atom stereocenters. The fourth-order valence-corrected chi connectivity index (χ4v) is 2.84. The molecule has 2 heterocycles. The standard InChI is InChI=1S/C15H25N3O/c1-4-11(2)17-8-12(3)19-15(10-17)13-7-16-18(9-13)14-5-6-14/h7,9,11-12,14-15H,4-6,8,10H2,1-3H3. The molecule has 0 spiro atoms. The van der Waals surface area contributed by atoms with E-state index in [4.69, 9.17) is 4.74 Å². The van der Waals surface area contributed by atoms with Crippen molar-refractivity contribution in [2.45, 2.75) is 64.3 Å². The van der Waals surface area contributed by atoms with Crippen molar-refractivity contribution in [1.29, 1.82) is 0 Å². The molecule has 1 aliphatic carbocycles. The van der Waals surface area contributed by atoms with Gasteiger partial charge < -0.3 is 4.74 Å². The van der Waals surface area contributed by atoms with Gasteiger partial charge in [-0.2, -0.15) is 5.10 Å². The lowest BCUT2D eigenvalue weighted by Gasteiger charge is -2.39. The van der Waals surface area contributed by atoms with Crippen LogP contribution in [0.2, 0.25) is 0 Å². The van der Waals surface area contributed by atoms with Crippen LogP contribution < -0.4 is 0 Å². The molecule has 106 valence electrons. The zero-order chi connectivity index (χ0) is 13.4. The van der Waals surface area contributed by atoms with Crippen molar-refractivity contribution in [2.75, 3.05) is 13.1 Å². The minimum atomic E-state index is 0.185. The summed E-state index contributed by atoms with van der Waals surface area (Å²) in [6.45, 7) is 8.78. The first kappa shape index (κ1) is 13.1. The summed E-state index contributed by atoms with van der Waals surface area (Å²) in [5.41, 5.74) is 1.24. The average Bonchev–Trinajstić information content (AvgIpc) is 3.14. The molecule has 19 heavy (non-hydrogen) atoms. The zero-order valence-corrected chi connectivity index (χ0v) is 12.2. The van der Waals surface area contributed by atoms with Gasteiger partial charge in [0, 0.05) is 30.9 Å². The lowest BCUT2D eigenvalue weighted by atomic mass is 10.1. The predicted octanol–water partition coefficient (Wildman–Crippen LogP) is 2.78. The van der Waals surface area contributed by atoms with E-state index in [0.29, 0.717) is 18.2 Å². The molecular weight excluding hydrogens is 238 g/mol. The number of rotatable bonds is 4. The number of hydrogen-bond acceptors (Lipinski definition) is 3. The molecular formula is C15H25N3O. The van der Waals surface area contributed by atoms with Gasteiger partial charge in [-0.25, -0.2) is 0 Å². The SMILES string of the molecule is CCC(C)N1CC(C)OC(c2cnn(C3CC3)c2)C1. The second-order valence-electron chi connectivity index (χ2n) is 6.13. The molecule has 0 N–H and O–H groups in total. The largest absolute Gasteiger partial charge is 0.368 e. The first-order valence-electron chi connectivity index (χ1n) is 7.61. The molecule has 4 nitrogen and oxygen atoms in total. The fourth-order valence-electron chi connectivity index (χ4n) is 2.84. The molecule has 1 saturated carbocycles. The molecule has 1 aromatic heterocycles. The zero-order valence-electron chi connectivity index (χ0n) is 12.2. The Morgan fingerprint density at radius 1 is 1.42 bits per heavy atom. The van der Waals surface area contributed by atoms with Gasteiger partial charge in [0.05, 0.1) is 24.4 Å². The first-order valence-corrected chi connectivity index (χ1v) is 7.61. The minimum absolute atomic E-state index is 0.185. The van der Waals surface area contributed by atoms with Gasteiger partial charge in [-0.1, -0.05) is 6.92 Å². The van der Waals surface area contributed by atoms with Crippen molar-refractivity contribution in [2.24, 2.45) is 0 Å². The Morgan fingerprint density at radius 2 is 2.21 bits per heavy atom. The van der Waals surface area contributed by atoms with Crippen molar-refractivity contribution in [1.82, 2.24) is 14.7 Å². The maximum absolute atomic E-state index is 6.12. The number of morpholine rings is 1. The van der Waals surface area contributed by atoms with E-state index >= 15 is 0 Å². The maximum Gasteiger partial charge on any atom is 0.0986 e. The lowest BCUT2D eigenvalue weighted by Crippen LogP contribution is -2.46. The van der Waals surface area contributed by atoms with Gasteiger partial charge in [0.25, 0.3) is 0 Å². The number of aromatic nitrogens is 2. The maximum atomic E-state index is 6.12. The van der Waals surface area contributed by atoms with Crippen molar-refractivity contribution in [3.05, 3.63) is 18.0 Å². The minimum Gasteiger partial charge on any atom is -0.368 e. The van der Waals surface area contributed by atoms with Gasteiger partial charge in [-0.3, -0.25) is 9.58 Å². The Hall–Kier alpha value is -0.870. The van der Waals surface area contributed by atoms with E-state index in [-0.39, 0.29) is 6.10 Å². The Kier molecular flexibility index (Phi) is 3.63. The summed E-state index contributed by atoms with van der Waals surface area (Å²) in [6.07, 6.45) is 8.43.